The van der Waals surface area contributed by atoms with Crippen LogP contribution in [0.25, 0.3) is 20.2 Å². The Bertz CT molecular complexity index is 1390. The molecule has 0 aliphatic carbocycles. The van der Waals surface area contributed by atoms with Crippen molar-refractivity contribution in [3.05, 3.63) is 64.1 Å². The molecule has 1 amide bonds. The van der Waals surface area contributed by atoms with Gasteiger partial charge >= 0.3 is 0 Å². The second-order valence-electron chi connectivity index (χ2n) is 8.27. The number of carbonyl (C=O) groups is 1. The largest absolute Gasteiger partial charge is 0.490 e. The highest BCUT2D eigenvalue weighted by molar-refractivity contribution is 7.26. The molecule has 0 bridgehead atoms. The average molecular weight is 494 g/mol. The molecule has 0 aliphatic heterocycles. The Morgan fingerprint density at radius 3 is 2.66 bits per heavy atom. The van der Waals surface area contributed by atoms with Gasteiger partial charge in [0.15, 0.2) is 11.5 Å². The third kappa shape index (κ3) is 5.65. The van der Waals surface area contributed by atoms with Gasteiger partial charge in [0, 0.05) is 29.6 Å². The van der Waals surface area contributed by atoms with Crippen LogP contribution in [0.2, 0.25) is 0 Å². The monoisotopic (exact) mass is 493 g/mol. The van der Waals surface area contributed by atoms with Crippen molar-refractivity contribution < 1.29 is 14.3 Å². The molecule has 4 aromatic rings. The number of fused-ring (bicyclic) bond motifs is 3. The van der Waals surface area contributed by atoms with Crippen LogP contribution < -0.4 is 20.3 Å². The Kier molecular flexibility index (Phi) is 8.02. The predicted molar refractivity (Wildman–Crippen MR) is 141 cm³/mol. The van der Waals surface area contributed by atoms with Gasteiger partial charge in [-0.1, -0.05) is 24.3 Å². The zero-order valence-corrected chi connectivity index (χ0v) is 21.2. The summed E-state index contributed by atoms with van der Waals surface area (Å²) in [5, 5.41) is 9.16. The molecule has 2 aromatic carbocycles. The number of ether oxygens (including phenoxy) is 2. The maximum Gasteiger partial charge on any atom is 0.276 e. The van der Waals surface area contributed by atoms with Crippen molar-refractivity contribution in [3.63, 3.8) is 0 Å². The van der Waals surface area contributed by atoms with E-state index in [1.165, 1.54) is 4.68 Å². The van der Waals surface area contributed by atoms with Crippen molar-refractivity contribution >= 4 is 37.4 Å². The third-order valence-electron chi connectivity index (χ3n) is 5.76. The number of carbonyl (C=O) groups excluding carboxylic acids is 1. The van der Waals surface area contributed by atoms with E-state index in [0.29, 0.717) is 45.6 Å². The van der Waals surface area contributed by atoms with Gasteiger partial charge in [-0.2, -0.15) is 5.10 Å². The Hall–Kier alpha value is -3.39. The second kappa shape index (κ2) is 11.4. The lowest BCUT2D eigenvalue weighted by Crippen LogP contribution is -2.27. The van der Waals surface area contributed by atoms with Crippen molar-refractivity contribution in [1.29, 1.82) is 0 Å². The van der Waals surface area contributed by atoms with E-state index in [-0.39, 0.29) is 11.5 Å². The molecular formula is C27H31N3O4S. The van der Waals surface area contributed by atoms with Crippen molar-refractivity contribution in [3.8, 4) is 11.5 Å². The van der Waals surface area contributed by atoms with Gasteiger partial charge in [0.2, 0.25) is 5.91 Å². The van der Waals surface area contributed by atoms with Crippen LogP contribution in [-0.4, -0.2) is 35.4 Å². The third-order valence-corrected chi connectivity index (χ3v) is 7.04. The predicted octanol–water partition coefficient (Wildman–Crippen LogP) is 4.86. The number of hydrogen-bond donors (Lipinski definition) is 1. The number of benzene rings is 2. The minimum absolute atomic E-state index is 0.0344. The number of hydrogen-bond acceptors (Lipinski definition) is 6. The first-order chi connectivity index (χ1) is 17.0. The normalized spacial score (nSPS) is 11.2. The van der Waals surface area contributed by atoms with Crippen molar-refractivity contribution in [2.45, 2.75) is 46.6 Å². The van der Waals surface area contributed by atoms with E-state index in [4.69, 9.17) is 9.47 Å². The standard InChI is InChI=1S/C27H31N3O4S/c1-4-33-21-13-12-19(17-22(21)34-5-2)14-15-28-24(31)11-8-16-30-27(32)25-20-9-6-7-10-23(20)35-26(25)18(3)29-30/h6-7,9-10,12-13,17H,4-5,8,11,14-16H2,1-3H3,(H,28,31). The topological polar surface area (TPSA) is 82.5 Å². The zero-order valence-electron chi connectivity index (χ0n) is 20.4. The van der Waals surface area contributed by atoms with Gasteiger partial charge in [0.05, 0.1) is 29.0 Å². The minimum Gasteiger partial charge on any atom is -0.490 e. The first kappa shape index (κ1) is 24.7. The number of aromatic nitrogens is 2. The van der Waals surface area contributed by atoms with E-state index >= 15 is 0 Å². The number of nitrogens with zero attached hydrogens (tertiary/aromatic N) is 2. The summed E-state index contributed by atoms with van der Waals surface area (Å²) in [5.74, 6) is 1.42. The van der Waals surface area contributed by atoms with E-state index in [0.717, 1.165) is 42.9 Å². The second-order valence-corrected chi connectivity index (χ2v) is 9.32. The number of thiophene rings is 1. The molecule has 0 atom stereocenters. The van der Waals surface area contributed by atoms with E-state index in [2.05, 4.69) is 10.4 Å². The molecular weight excluding hydrogens is 462 g/mol. The van der Waals surface area contributed by atoms with E-state index < -0.39 is 0 Å². The smallest absolute Gasteiger partial charge is 0.276 e. The Balaban J connectivity index is 1.31. The summed E-state index contributed by atoms with van der Waals surface area (Å²) >= 11 is 1.60. The summed E-state index contributed by atoms with van der Waals surface area (Å²) in [5.41, 5.74) is 1.82. The molecule has 0 spiro atoms. The molecule has 7 nitrogen and oxygen atoms in total. The van der Waals surface area contributed by atoms with Gasteiger partial charge in [-0.05, 0) is 57.4 Å². The lowest BCUT2D eigenvalue weighted by molar-refractivity contribution is -0.121. The van der Waals surface area contributed by atoms with Crippen LogP contribution >= 0.6 is 11.3 Å². The highest BCUT2D eigenvalue weighted by Crippen LogP contribution is 2.32. The SMILES string of the molecule is CCOc1ccc(CCNC(=O)CCCn2nc(C)c3sc4ccccc4c3c2=O)cc1OCC. The average Bonchev–Trinajstić information content (AvgIpc) is 3.25. The Morgan fingerprint density at radius 1 is 1.09 bits per heavy atom. The zero-order chi connectivity index (χ0) is 24.8. The van der Waals surface area contributed by atoms with E-state index in [9.17, 15) is 9.59 Å². The van der Waals surface area contributed by atoms with Gasteiger partial charge in [-0.15, -0.1) is 11.3 Å². The van der Waals surface area contributed by atoms with Gasteiger partial charge in [-0.3, -0.25) is 9.59 Å². The van der Waals surface area contributed by atoms with Gasteiger partial charge in [-0.25, -0.2) is 4.68 Å². The van der Waals surface area contributed by atoms with Crippen LogP contribution in [0.3, 0.4) is 0 Å². The summed E-state index contributed by atoms with van der Waals surface area (Å²) in [6.07, 6.45) is 1.58. The fourth-order valence-corrected chi connectivity index (χ4v) is 5.27. The molecule has 184 valence electrons. The summed E-state index contributed by atoms with van der Waals surface area (Å²) in [6.45, 7) is 7.88. The number of aryl methyl sites for hydroxylation is 2. The van der Waals surface area contributed by atoms with Crippen LogP contribution in [0.4, 0.5) is 0 Å². The van der Waals surface area contributed by atoms with Crippen LogP contribution in [-0.2, 0) is 17.8 Å². The molecule has 2 heterocycles. The van der Waals surface area contributed by atoms with Gasteiger partial charge in [0.1, 0.15) is 0 Å². The molecule has 0 fully saturated rings. The van der Waals surface area contributed by atoms with E-state index in [1.54, 1.807) is 11.3 Å². The van der Waals surface area contributed by atoms with Crippen LogP contribution in [0.15, 0.2) is 47.3 Å². The molecule has 0 radical (unpaired) electrons. The summed E-state index contributed by atoms with van der Waals surface area (Å²) in [6, 6.07) is 13.8. The van der Waals surface area contributed by atoms with Gasteiger partial charge in [0.25, 0.3) is 5.56 Å². The fourth-order valence-electron chi connectivity index (χ4n) is 4.14. The molecule has 0 saturated carbocycles. The Morgan fingerprint density at radius 2 is 1.86 bits per heavy atom. The number of amides is 1. The van der Waals surface area contributed by atoms with Gasteiger partial charge < -0.3 is 14.8 Å². The van der Waals surface area contributed by atoms with Crippen LogP contribution in [0.5, 0.6) is 11.5 Å². The molecule has 35 heavy (non-hydrogen) atoms. The van der Waals surface area contributed by atoms with Crippen molar-refractivity contribution in [1.82, 2.24) is 15.1 Å². The maximum atomic E-state index is 13.1. The Labute approximate surface area is 208 Å². The molecule has 0 unspecified atom stereocenters. The quantitative estimate of drug-likeness (QED) is 0.323. The first-order valence-electron chi connectivity index (χ1n) is 12.1. The molecule has 0 saturated heterocycles. The summed E-state index contributed by atoms with van der Waals surface area (Å²) < 4.78 is 14.8. The highest BCUT2D eigenvalue weighted by atomic mass is 32.1. The van der Waals surface area contributed by atoms with Crippen molar-refractivity contribution in [2.24, 2.45) is 0 Å². The minimum atomic E-state index is -0.0935. The summed E-state index contributed by atoms with van der Waals surface area (Å²) in [7, 11) is 0. The molecule has 0 aliphatic rings. The van der Waals surface area contributed by atoms with E-state index in [1.807, 2.05) is 63.2 Å². The fraction of sp³-hybridized carbons (Fsp3) is 0.370. The van der Waals surface area contributed by atoms with Crippen LogP contribution in [0.1, 0.15) is 37.9 Å². The molecule has 1 N–H and O–H groups in total. The number of rotatable bonds is 11. The first-order valence-corrected chi connectivity index (χ1v) is 12.9. The highest BCUT2D eigenvalue weighted by Gasteiger charge is 2.14. The van der Waals surface area contributed by atoms with Crippen LogP contribution in [0, 0.1) is 6.92 Å². The number of nitrogens with one attached hydrogen (secondary N) is 1. The summed E-state index contributed by atoms with van der Waals surface area (Å²) in [4.78, 5) is 25.5. The lowest BCUT2D eigenvalue weighted by atomic mass is 10.1. The molecule has 8 heteroatoms. The lowest BCUT2D eigenvalue weighted by Gasteiger charge is -2.12. The molecule has 2 aromatic heterocycles. The maximum absolute atomic E-state index is 13.1. The molecule has 4 rings (SSSR count). The van der Waals surface area contributed by atoms with Crippen molar-refractivity contribution in [2.75, 3.05) is 19.8 Å².